The first-order valence-corrected chi connectivity index (χ1v) is 11.1. The van der Waals surface area contributed by atoms with E-state index in [9.17, 15) is 8.42 Å². The molecule has 1 aliphatic rings. The Morgan fingerprint density at radius 2 is 1.83 bits per heavy atom. The van der Waals surface area contributed by atoms with Crippen molar-refractivity contribution >= 4 is 15.8 Å². The zero-order valence-electron chi connectivity index (χ0n) is 15.3. The first kappa shape index (κ1) is 21.2. The molecule has 6 nitrogen and oxygen atoms in total. The van der Waals surface area contributed by atoms with Crippen LogP contribution in [0.2, 0.25) is 0 Å². The van der Waals surface area contributed by atoms with Crippen LogP contribution in [0.25, 0.3) is 0 Å². The van der Waals surface area contributed by atoms with Gasteiger partial charge in [-0.25, -0.2) is 8.42 Å². The van der Waals surface area contributed by atoms with Crippen LogP contribution in [0.15, 0.2) is 4.99 Å². The number of rotatable bonds is 12. The molecule has 1 saturated heterocycles. The van der Waals surface area contributed by atoms with Gasteiger partial charge in [0.1, 0.15) is 0 Å². The number of nitrogens with one attached hydrogen (secondary N) is 2. The first-order chi connectivity index (χ1) is 11.6. The Balaban J connectivity index is 1.96. The van der Waals surface area contributed by atoms with Crippen molar-refractivity contribution < 1.29 is 13.2 Å². The van der Waals surface area contributed by atoms with Crippen LogP contribution < -0.4 is 10.6 Å². The molecule has 2 N–H and O–H groups in total. The normalized spacial score (nSPS) is 20.2. The van der Waals surface area contributed by atoms with Gasteiger partial charge in [0.15, 0.2) is 15.8 Å². The van der Waals surface area contributed by atoms with Gasteiger partial charge in [-0.3, -0.25) is 4.99 Å². The molecule has 142 valence electrons. The van der Waals surface area contributed by atoms with E-state index in [1.54, 1.807) is 7.05 Å². The summed E-state index contributed by atoms with van der Waals surface area (Å²) < 4.78 is 28.5. The number of ether oxygens (including phenoxy) is 1. The molecule has 0 aromatic carbocycles. The lowest BCUT2D eigenvalue weighted by atomic mass is 10.1. The van der Waals surface area contributed by atoms with Crippen molar-refractivity contribution in [2.75, 3.05) is 38.3 Å². The Kier molecular flexibility index (Phi) is 11.1. The van der Waals surface area contributed by atoms with Crippen LogP contribution in [0.4, 0.5) is 0 Å². The van der Waals surface area contributed by atoms with Gasteiger partial charge in [0.25, 0.3) is 0 Å². The molecule has 0 amide bonds. The lowest BCUT2D eigenvalue weighted by Gasteiger charge is -2.16. The minimum atomic E-state index is -2.86. The summed E-state index contributed by atoms with van der Waals surface area (Å²) in [7, 11) is -1.16. The molecular weight excluding hydrogens is 326 g/mol. The van der Waals surface area contributed by atoms with Gasteiger partial charge in [0.2, 0.25) is 0 Å². The fourth-order valence-electron chi connectivity index (χ4n) is 2.76. The summed E-state index contributed by atoms with van der Waals surface area (Å²) in [5.41, 5.74) is 0. The molecule has 0 radical (unpaired) electrons. The second-order valence-corrected chi connectivity index (χ2v) is 8.71. The molecule has 1 heterocycles. The monoisotopic (exact) mass is 361 g/mol. The smallest absolute Gasteiger partial charge is 0.191 e. The first-order valence-electron chi connectivity index (χ1n) is 9.32. The molecular formula is C17H35N3O3S. The van der Waals surface area contributed by atoms with E-state index in [-0.39, 0.29) is 17.5 Å². The van der Waals surface area contributed by atoms with Crippen LogP contribution in [-0.2, 0) is 14.6 Å². The Hall–Kier alpha value is -0.820. The highest BCUT2D eigenvalue weighted by molar-refractivity contribution is 7.91. The Morgan fingerprint density at radius 3 is 2.50 bits per heavy atom. The third-order valence-corrected chi connectivity index (χ3v) is 5.96. The molecule has 0 bridgehead atoms. The summed E-state index contributed by atoms with van der Waals surface area (Å²) in [6.07, 6.45) is 9.28. The molecule has 1 rings (SSSR count). The second kappa shape index (κ2) is 12.5. The molecule has 1 unspecified atom stereocenters. The molecule has 0 aliphatic carbocycles. The minimum Gasteiger partial charge on any atom is -0.381 e. The highest BCUT2D eigenvalue weighted by Gasteiger charge is 2.28. The van der Waals surface area contributed by atoms with Gasteiger partial charge in [-0.2, -0.15) is 0 Å². The number of aliphatic imine (C=N–C) groups is 1. The van der Waals surface area contributed by atoms with Crippen LogP contribution in [-0.4, -0.2) is 58.7 Å². The maximum Gasteiger partial charge on any atom is 0.191 e. The largest absolute Gasteiger partial charge is 0.381 e. The van der Waals surface area contributed by atoms with Crippen molar-refractivity contribution in [2.24, 2.45) is 4.99 Å². The Morgan fingerprint density at radius 1 is 1.12 bits per heavy atom. The molecule has 0 aromatic heterocycles. The molecule has 0 aromatic rings. The van der Waals surface area contributed by atoms with Gasteiger partial charge in [-0.15, -0.1) is 0 Å². The standard InChI is InChI=1S/C17H35N3O3S/c1-3-4-5-6-7-8-12-23-13-9-11-19-17(18-2)20-16-10-14-24(21,22)15-16/h16H,3-15H2,1-2H3,(H2,18,19,20). The van der Waals surface area contributed by atoms with Gasteiger partial charge in [0, 0.05) is 32.8 Å². The van der Waals surface area contributed by atoms with Crippen LogP contribution in [0, 0.1) is 0 Å². The van der Waals surface area contributed by atoms with Crippen LogP contribution in [0.1, 0.15) is 58.3 Å². The number of hydrogen-bond donors (Lipinski definition) is 2. The number of sulfone groups is 1. The molecule has 1 fully saturated rings. The lowest BCUT2D eigenvalue weighted by molar-refractivity contribution is 0.128. The van der Waals surface area contributed by atoms with Gasteiger partial charge < -0.3 is 15.4 Å². The van der Waals surface area contributed by atoms with E-state index >= 15 is 0 Å². The van der Waals surface area contributed by atoms with Crippen molar-refractivity contribution in [3.63, 3.8) is 0 Å². The van der Waals surface area contributed by atoms with Gasteiger partial charge in [-0.1, -0.05) is 39.0 Å². The molecule has 7 heteroatoms. The SMILES string of the molecule is CCCCCCCCOCCCNC(=NC)NC1CCS(=O)(=O)C1. The predicted molar refractivity (Wildman–Crippen MR) is 100 cm³/mol. The van der Waals surface area contributed by atoms with E-state index in [1.807, 2.05) is 0 Å². The number of unbranched alkanes of at least 4 members (excludes halogenated alkanes) is 5. The van der Waals surface area contributed by atoms with Crippen molar-refractivity contribution in [2.45, 2.75) is 64.3 Å². The van der Waals surface area contributed by atoms with Crippen LogP contribution in [0.5, 0.6) is 0 Å². The van der Waals surface area contributed by atoms with E-state index in [1.165, 1.54) is 32.1 Å². The van der Waals surface area contributed by atoms with Crippen molar-refractivity contribution in [3.05, 3.63) is 0 Å². The highest BCUT2D eigenvalue weighted by Crippen LogP contribution is 2.10. The summed E-state index contributed by atoms with van der Waals surface area (Å²) in [6.45, 7) is 4.60. The maximum absolute atomic E-state index is 11.5. The number of nitrogens with zero attached hydrogens (tertiary/aromatic N) is 1. The summed E-state index contributed by atoms with van der Waals surface area (Å²) in [6, 6.07) is -0.0230. The van der Waals surface area contributed by atoms with E-state index < -0.39 is 9.84 Å². The summed E-state index contributed by atoms with van der Waals surface area (Å²) >= 11 is 0. The predicted octanol–water partition coefficient (Wildman–Crippen LogP) is 2.11. The van der Waals surface area contributed by atoms with E-state index in [0.29, 0.717) is 12.4 Å². The van der Waals surface area contributed by atoms with E-state index in [2.05, 4.69) is 22.5 Å². The average molecular weight is 362 g/mol. The van der Waals surface area contributed by atoms with Gasteiger partial charge >= 0.3 is 0 Å². The van der Waals surface area contributed by atoms with Crippen molar-refractivity contribution in [1.29, 1.82) is 0 Å². The second-order valence-electron chi connectivity index (χ2n) is 6.48. The Labute approximate surface area is 147 Å². The quantitative estimate of drug-likeness (QED) is 0.316. The highest BCUT2D eigenvalue weighted by atomic mass is 32.2. The van der Waals surface area contributed by atoms with E-state index in [0.717, 1.165) is 32.6 Å². The molecule has 0 saturated carbocycles. The molecule has 24 heavy (non-hydrogen) atoms. The average Bonchev–Trinajstić information content (AvgIpc) is 2.90. The third kappa shape index (κ3) is 10.1. The topological polar surface area (TPSA) is 79.8 Å². The maximum atomic E-state index is 11.5. The number of hydrogen-bond acceptors (Lipinski definition) is 4. The summed E-state index contributed by atoms with van der Waals surface area (Å²) in [5, 5.41) is 6.39. The number of guanidine groups is 1. The van der Waals surface area contributed by atoms with Crippen molar-refractivity contribution in [1.82, 2.24) is 10.6 Å². The molecule has 0 spiro atoms. The Bertz CT molecular complexity index is 452. The summed E-state index contributed by atoms with van der Waals surface area (Å²) in [5.74, 6) is 1.15. The van der Waals surface area contributed by atoms with Gasteiger partial charge in [-0.05, 0) is 19.3 Å². The minimum absolute atomic E-state index is 0.0230. The van der Waals surface area contributed by atoms with E-state index in [4.69, 9.17) is 4.74 Å². The fourth-order valence-corrected chi connectivity index (χ4v) is 4.44. The van der Waals surface area contributed by atoms with Crippen LogP contribution >= 0.6 is 0 Å². The molecule has 1 atom stereocenters. The zero-order valence-corrected chi connectivity index (χ0v) is 16.2. The lowest BCUT2D eigenvalue weighted by Crippen LogP contribution is -2.44. The zero-order chi connectivity index (χ0) is 17.7. The van der Waals surface area contributed by atoms with Crippen molar-refractivity contribution in [3.8, 4) is 0 Å². The third-order valence-electron chi connectivity index (χ3n) is 4.20. The van der Waals surface area contributed by atoms with Gasteiger partial charge in [0.05, 0.1) is 11.5 Å². The fraction of sp³-hybridized carbons (Fsp3) is 0.941. The summed E-state index contributed by atoms with van der Waals surface area (Å²) in [4.78, 5) is 4.14. The van der Waals surface area contributed by atoms with Crippen LogP contribution in [0.3, 0.4) is 0 Å². The molecule has 1 aliphatic heterocycles.